The number of nitrogens with zero attached hydrogens (tertiary/aromatic N) is 5. The lowest BCUT2D eigenvalue weighted by atomic mass is 10.2. The Morgan fingerprint density at radius 2 is 1.95 bits per heavy atom. The first kappa shape index (κ1) is 11.3. The number of benzene rings is 1. The first-order chi connectivity index (χ1) is 9.79. The Morgan fingerprint density at radius 3 is 2.90 bits per heavy atom. The summed E-state index contributed by atoms with van der Waals surface area (Å²) in [6, 6.07) is 7.86. The maximum absolute atomic E-state index is 4.36. The van der Waals surface area contributed by atoms with Gasteiger partial charge in [-0.25, -0.2) is 9.97 Å². The summed E-state index contributed by atoms with van der Waals surface area (Å²) in [7, 11) is 1.96. The molecule has 0 unspecified atom stereocenters. The average Bonchev–Trinajstić information content (AvgIpc) is 3.06. The summed E-state index contributed by atoms with van der Waals surface area (Å²) in [6.07, 6.45) is 3.55. The van der Waals surface area contributed by atoms with Gasteiger partial charge >= 0.3 is 0 Å². The summed E-state index contributed by atoms with van der Waals surface area (Å²) in [5.74, 6) is 0.781. The van der Waals surface area contributed by atoms with Crippen molar-refractivity contribution < 1.29 is 0 Å². The fourth-order valence-electron chi connectivity index (χ4n) is 2.11. The number of rotatable bonds is 2. The van der Waals surface area contributed by atoms with Gasteiger partial charge in [0.25, 0.3) is 0 Å². The van der Waals surface area contributed by atoms with Crippen LogP contribution in [0.3, 0.4) is 0 Å². The molecule has 0 aliphatic carbocycles. The van der Waals surface area contributed by atoms with Gasteiger partial charge in [0.05, 0.1) is 29.8 Å². The zero-order chi connectivity index (χ0) is 13.5. The van der Waals surface area contributed by atoms with Gasteiger partial charge in [-0.15, -0.1) is 0 Å². The topological polar surface area (TPSA) is 68.5 Å². The molecule has 1 aromatic carbocycles. The van der Waals surface area contributed by atoms with Crippen molar-refractivity contribution in [3.05, 3.63) is 36.8 Å². The van der Waals surface area contributed by atoms with Gasteiger partial charge in [0.1, 0.15) is 22.4 Å². The van der Waals surface area contributed by atoms with Crippen molar-refractivity contribution in [3.63, 3.8) is 0 Å². The molecule has 0 aliphatic rings. The van der Waals surface area contributed by atoms with Gasteiger partial charge in [-0.2, -0.15) is 8.75 Å². The van der Waals surface area contributed by atoms with Crippen LogP contribution in [0.4, 0.5) is 11.5 Å². The molecule has 4 aromatic rings. The molecule has 3 heterocycles. The number of aromatic nitrogens is 5. The van der Waals surface area contributed by atoms with Crippen LogP contribution < -0.4 is 5.32 Å². The van der Waals surface area contributed by atoms with Crippen molar-refractivity contribution in [2.45, 2.75) is 0 Å². The predicted octanol–water partition coefficient (Wildman–Crippen LogP) is 2.72. The molecular weight excluding hydrogens is 272 g/mol. The van der Waals surface area contributed by atoms with E-state index in [1.807, 2.05) is 35.9 Å². The normalized spacial score (nSPS) is 11.2. The first-order valence-electron chi connectivity index (χ1n) is 6.06. The quantitative estimate of drug-likeness (QED) is 0.612. The molecule has 0 saturated carbocycles. The van der Waals surface area contributed by atoms with Crippen LogP contribution in [0.1, 0.15) is 0 Å². The highest BCUT2D eigenvalue weighted by Gasteiger charge is 2.04. The molecule has 1 N–H and O–H groups in total. The highest BCUT2D eigenvalue weighted by Crippen LogP contribution is 2.22. The zero-order valence-electron chi connectivity index (χ0n) is 10.6. The maximum Gasteiger partial charge on any atom is 0.132 e. The summed E-state index contributed by atoms with van der Waals surface area (Å²) < 4.78 is 10.4. The molecule has 20 heavy (non-hydrogen) atoms. The van der Waals surface area contributed by atoms with Crippen molar-refractivity contribution in [1.29, 1.82) is 0 Å². The number of hydrogen-bond donors (Lipinski definition) is 1. The SMILES string of the molecule is Cn1cnc2cnc(Nc3ccc4nsnc4c3)cc21. The number of imidazole rings is 1. The van der Waals surface area contributed by atoms with E-state index in [2.05, 4.69) is 24.0 Å². The Morgan fingerprint density at radius 1 is 1.05 bits per heavy atom. The van der Waals surface area contributed by atoms with E-state index in [1.165, 1.54) is 11.7 Å². The Kier molecular flexibility index (Phi) is 2.40. The molecule has 0 fully saturated rings. The summed E-state index contributed by atoms with van der Waals surface area (Å²) in [4.78, 5) is 8.62. The summed E-state index contributed by atoms with van der Waals surface area (Å²) in [5, 5.41) is 3.28. The van der Waals surface area contributed by atoms with E-state index in [0.29, 0.717) is 0 Å². The molecule has 0 radical (unpaired) electrons. The van der Waals surface area contributed by atoms with Crippen LogP contribution in [0, 0.1) is 0 Å². The van der Waals surface area contributed by atoms with Crippen molar-refractivity contribution in [2.24, 2.45) is 7.05 Å². The molecule has 6 nitrogen and oxygen atoms in total. The van der Waals surface area contributed by atoms with Gasteiger partial charge in [0.2, 0.25) is 0 Å². The molecule has 7 heteroatoms. The molecular formula is C13H10N6S. The smallest absolute Gasteiger partial charge is 0.132 e. The molecule has 0 aliphatic heterocycles. The molecule has 98 valence electrons. The lowest BCUT2D eigenvalue weighted by Crippen LogP contribution is -1.94. The van der Waals surface area contributed by atoms with Crippen molar-refractivity contribution in [3.8, 4) is 0 Å². The van der Waals surface area contributed by atoms with E-state index < -0.39 is 0 Å². The van der Waals surface area contributed by atoms with Crippen LogP contribution >= 0.6 is 11.7 Å². The Balaban J connectivity index is 1.73. The van der Waals surface area contributed by atoms with Crippen LogP contribution in [0.5, 0.6) is 0 Å². The average molecular weight is 282 g/mol. The highest BCUT2D eigenvalue weighted by molar-refractivity contribution is 7.00. The van der Waals surface area contributed by atoms with Gasteiger partial charge in [0.15, 0.2) is 0 Å². The molecule has 0 bridgehead atoms. The van der Waals surface area contributed by atoms with Crippen LogP contribution in [-0.2, 0) is 7.05 Å². The van der Waals surface area contributed by atoms with E-state index in [9.17, 15) is 0 Å². The first-order valence-corrected chi connectivity index (χ1v) is 6.79. The number of anilines is 2. The van der Waals surface area contributed by atoms with E-state index in [1.54, 1.807) is 12.5 Å². The van der Waals surface area contributed by atoms with Crippen molar-refractivity contribution in [1.82, 2.24) is 23.3 Å². The molecule has 0 amide bonds. The second-order valence-electron chi connectivity index (χ2n) is 4.51. The molecule has 0 spiro atoms. The van der Waals surface area contributed by atoms with Crippen molar-refractivity contribution >= 4 is 45.3 Å². The van der Waals surface area contributed by atoms with Gasteiger partial charge in [-0.3, -0.25) is 0 Å². The van der Waals surface area contributed by atoms with Gasteiger partial charge in [-0.05, 0) is 18.2 Å². The molecule has 3 aromatic heterocycles. The molecule has 0 atom stereocenters. The van der Waals surface area contributed by atoms with E-state index in [-0.39, 0.29) is 0 Å². The standard InChI is InChI=1S/C13H10N6S/c1-19-7-15-11-6-14-13(5-12(11)19)16-8-2-3-9-10(4-8)18-20-17-9/h2-7H,1H3,(H,14,16). The lowest BCUT2D eigenvalue weighted by molar-refractivity contribution is 0.947. The highest BCUT2D eigenvalue weighted by atomic mass is 32.1. The fourth-order valence-corrected chi connectivity index (χ4v) is 2.62. The van der Waals surface area contributed by atoms with Gasteiger partial charge < -0.3 is 9.88 Å². The third kappa shape index (κ3) is 1.79. The Bertz CT molecular complexity index is 909. The maximum atomic E-state index is 4.36. The number of fused-ring (bicyclic) bond motifs is 2. The zero-order valence-corrected chi connectivity index (χ0v) is 11.4. The summed E-state index contributed by atoms with van der Waals surface area (Å²) >= 11 is 1.22. The van der Waals surface area contributed by atoms with E-state index in [0.717, 1.165) is 33.6 Å². The van der Waals surface area contributed by atoms with E-state index >= 15 is 0 Å². The minimum Gasteiger partial charge on any atom is -0.340 e. The number of nitrogens with one attached hydrogen (secondary N) is 1. The monoisotopic (exact) mass is 282 g/mol. The van der Waals surface area contributed by atoms with Gasteiger partial charge in [-0.1, -0.05) is 0 Å². The second kappa shape index (κ2) is 4.24. The fraction of sp³-hybridized carbons (Fsp3) is 0.0769. The number of aryl methyl sites for hydroxylation is 1. The number of pyridine rings is 1. The van der Waals surface area contributed by atoms with Crippen LogP contribution in [-0.4, -0.2) is 23.3 Å². The summed E-state index contributed by atoms with van der Waals surface area (Å²) in [6.45, 7) is 0. The largest absolute Gasteiger partial charge is 0.340 e. The number of hydrogen-bond acceptors (Lipinski definition) is 6. The third-order valence-corrected chi connectivity index (χ3v) is 3.69. The van der Waals surface area contributed by atoms with Crippen LogP contribution in [0.25, 0.3) is 22.1 Å². The van der Waals surface area contributed by atoms with Gasteiger partial charge in [0, 0.05) is 18.8 Å². The summed E-state index contributed by atoms with van der Waals surface area (Å²) in [5.41, 5.74) is 4.67. The second-order valence-corrected chi connectivity index (χ2v) is 5.03. The minimum absolute atomic E-state index is 0.781. The third-order valence-electron chi connectivity index (χ3n) is 3.14. The Labute approximate surface area is 118 Å². The van der Waals surface area contributed by atoms with Crippen molar-refractivity contribution in [2.75, 3.05) is 5.32 Å². The predicted molar refractivity (Wildman–Crippen MR) is 79.2 cm³/mol. The minimum atomic E-state index is 0.781. The lowest BCUT2D eigenvalue weighted by Gasteiger charge is -2.05. The van der Waals surface area contributed by atoms with Crippen LogP contribution in [0.2, 0.25) is 0 Å². The van der Waals surface area contributed by atoms with Crippen LogP contribution in [0.15, 0.2) is 36.8 Å². The molecule has 0 saturated heterocycles. The van der Waals surface area contributed by atoms with E-state index in [4.69, 9.17) is 0 Å². The Hall–Kier alpha value is -2.54. The molecule has 4 rings (SSSR count).